The number of nitrogens with one attached hydrogen (secondary N) is 1. The topological polar surface area (TPSA) is 81.4 Å². The van der Waals surface area contributed by atoms with Crippen LogP contribution in [0.1, 0.15) is 39.5 Å². The number of hydrogen-bond donors (Lipinski definition) is 2. The molecule has 3 N–H and O–H groups in total. The average Bonchev–Trinajstić information content (AvgIpc) is 2.78. The lowest BCUT2D eigenvalue weighted by Gasteiger charge is -2.31. The van der Waals surface area contributed by atoms with Crippen LogP contribution < -0.4 is 10.5 Å². The highest BCUT2D eigenvalue weighted by molar-refractivity contribution is 7.89. The van der Waals surface area contributed by atoms with Crippen LogP contribution in [0.25, 0.3) is 0 Å². The second-order valence-electron chi connectivity index (χ2n) is 4.71. The van der Waals surface area contributed by atoms with Crippen LogP contribution in [0.15, 0.2) is 0 Å². The number of rotatable bonds is 7. The second kappa shape index (κ2) is 7.65. The lowest BCUT2D eigenvalue weighted by atomic mass is 9.95. The van der Waals surface area contributed by atoms with Gasteiger partial charge >= 0.3 is 0 Å². The van der Waals surface area contributed by atoms with Gasteiger partial charge in [0, 0.05) is 18.7 Å². The first-order valence-corrected chi connectivity index (χ1v) is 7.95. The lowest BCUT2D eigenvalue weighted by molar-refractivity contribution is 0.127. The van der Waals surface area contributed by atoms with Gasteiger partial charge in [-0.3, -0.25) is 0 Å². The van der Waals surface area contributed by atoms with Crippen LogP contribution in [0, 0.1) is 0 Å². The Bertz CT molecular complexity index is 317. The van der Waals surface area contributed by atoms with Crippen molar-refractivity contribution in [1.82, 2.24) is 4.72 Å². The second-order valence-corrected chi connectivity index (χ2v) is 6.48. The van der Waals surface area contributed by atoms with Gasteiger partial charge in [-0.2, -0.15) is 0 Å². The van der Waals surface area contributed by atoms with E-state index < -0.39 is 15.6 Å². The summed E-state index contributed by atoms with van der Waals surface area (Å²) < 4.78 is 32.2. The van der Waals surface area contributed by atoms with Crippen LogP contribution in [0.2, 0.25) is 0 Å². The van der Waals surface area contributed by atoms with E-state index in [0.29, 0.717) is 26.0 Å². The molecule has 18 heavy (non-hydrogen) atoms. The zero-order chi connectivity index (χ0) is 12.9. The van der Waals surface area contributed by atoms with Crippen LogP contribution in [-0.2, 0) is 14.8 Å². The van der Waals surface area contributed by atoms with Crippen LogP contribution in [0.3, 0.4) is 0 Å². The molecule has 0 radical (unpaired) electrons. The highest BCUT2D eigenvalue weighted by Crippen LogP contribution is 2.18. The molecular formula is C11H25ClN2O3S. The van der Waals surface area contributed by atoms with Crippen molar-refractivity contribution in [3.05, 3.63) is 0 Å². The molecule has 1 atom stereocenters. The monoisotopic (exact) mass is 300 g/mol. The minimum atomic E-state index is -3.31. The van der Waals surface area contributed by atoms with Crippen molar-refractivity contribution in [3.8, 4) is 0 Å². The number of hydrogen-bond acceptors (Lipinski definition) is 4. The SMILES string of the molecule is CCC(CC)(CN)NS(=O)(=O)CC1CCCO1.Cl. The van der Waals surface area contributed by atoms with E-state index in [-0.39, 0.29) is 24.3 Å². The van der Waals surface area contributed by atoms with Gasteiger partial charge in [0.25, 0.3) is 0 Å². The van der Waals surface area contributed by atoms with Gasteiger partial charge in [0.2, 0.25) is 10.0 Å². The summed E-state index contributed by atoms with van der Waals surface area (Å²) in [4.78, 5) is 0. The van der Waals surface area contributed by atoms with Crippen molar-refractivity contribution >= 4 is 22.4 Å². The molecule has 0 saturated carbocycles. The quantitative estimate of drug-likeness (QED) is 0.735. The van der Waals surface area contributed by atoms with Gasteiger partial charge in [0.1, 0.15) is 0 Å². The number of nitrogens with two attached hydrogens (primary N) is 1. The highest BCUT2D eigenvalue weighted by Gasteiger charge is 2.32. The first-order valence-electron chi connectivity index (χ1n) is 6.30. The van der Waals surface area contributed by atoms with E-state index in [0.717, 1.165) is 12.8 Å². The standard InChI is InChI=1S/C11H24N2O3S.ClH/c1-3-11(4-2,9-12)13-17(14,15)8-10-6-5-7-16-10;/h10,13H,3-9,12H2,1-2H3;1H. The third-order valence-electron chi connectivity index (χ3n) is 3.55. The van der Waals surface area contributed by atoms with E-state index in [1.165, 1.54) is 0 Å². The van der Waals surface area contributed by atoms with E-state index in [9.17, 15) is 8.42 Å². The van der Waals surface area contributed by atoms with E-state index in [1.54, 1.807) is 0 Å². The van der Waals surface area contributed by atoms with Crippen LogP contribution in [-0.4, -0.2) is 39.0 Å². The van der Waals surface area contributed by atoms with Crippen LogP contribution in [0.5, 0.6) is 0 Å². The molecule has 110 valence electrons. The fourth-order valence-electron chi connectivity index (χ4n) is 2.12. The third-order valence-corrected chi connectivity index (χ3v) is 5.10. The molecule has 0 aromatic rings. The van der Waals surface area contributed by atoms with Gasteiger partial charge in [0.05, 0.1) is 11.9 Å². The molecule has 0 bridgehead atoms. The van der Waals surface area contributed by atoms with Gasteiger partial charge in [-0.1, -0.05) is 13.8 Å². The normalized spacial score (nSPS) is 20.7. The molecule has 1 aliphatic heterocycles. The fraction of sp³-hybridized carbons (Fsp3) is 1.00. The maximum Gasteiger partial charge on any atom is 0.214 e. The Labute approximate surface area is 116 Å². The van der Waals surface area contributed by atoms with Gasteiger partial charge in [-0.25, -0.2) is 13.1 Å². The summed E-state index contributed by atoms with van der Waals surface area (Å²) in [5, 5.41) is 0. The molecule has 1 rings (SSSR count). The summed E-state index contributed by atoms with van der Waals surface area (Å²) >= 11 is 0. The lowest BCUT2D eigenvalue weighted by Crippen LogP contribution is -2.54. The highest BCUT2D eigenvalue weighted by atomic mass is 35.5. The molecule has 7 heteroatoms. The summed E-state index contributed by atoms with van der Waals surface area (Å²) in [6, 6.07) is 0. The average molecular weight is 301 g/mol. The van der Waals surface area contributed by atoms with Crippen molar-refractivity contribution in [1.29, 1.82) is 0 Å². The van der Waals surface area contributed by atoms with Gasteiger partial charge in [0.15, 0.2) is 0 Å². The van der Waals surface area contributed by atoms with Crippen molar-refractivity contribution < 1.29 is 13.2 Å². The van der Waals surface area contributed by atoms with Crippen molar-refractivity contribution in [2.75, 3.05) is 18.9 Å². The Morgan fingerprint density at radius 3 is 2.39 bits per heavy atom. The molecule has 0 spiro atoms. The van der Waals surface area contributed by atoms with Crippen molar-refractivity contribution in [2.45, 2.75) is 51.2 Å². The smallest absolute Gasteiger partial charge is 0.214 e. The molecule has 1 saturated heterocycles. The van der Waals surface area contributed by atoms with Crippen molar-refractivity contribution in [2.24, 2.45) is 5.73 Å². The minimum Gasteiger partial charge on any atom is -0.377 e. The zero-order valence-corrected chi connectivity index (χ0v) is 12.8. The molecule has 1 fully saturated rings. The Morgan fingerprint density at radius 2 is 2.00 bits per heavy atom. The molecule has 5 nitrogen and oxygen atoms in total. The molecule has 0 amide bonds. The largest absolute Gasteiger partial charge is 0.377 e. The molecule has 1 heterocycles. The predicted molar refractivity (Wildman–Crippen MR) is 75.5 cm³/mol. The first kappa shape index (κ1) is 18.1. The molecule has 0 aliphatic carbocycles. The summed E-state index contributed by atoms with van der Waals surface area (Å²) in [7, 11) is -3.31. The van der Waals surface area contributed by atoms with Gasteiger partial charge in [-0.05, 0) is 25.7 Å². The molecular weight excluding hydrogens is 276 g/mol. The summed E-state index contributed by atoms with van der Waals surface area (Å²) in [5.41, 5.74) is 5.18. The Morgan fingerprint density at radius 1 is 1.39 bits per heavy atom. The van der Waals surface area contributed by atoms with E-state index in [1.807, 2.05) is 13.8 Å². The summed E-state index contributed by atoms with van der Waals surface area (Å²) in [5.74, 6) is 0.0503. The molecule has 1 aliphatic rings. The summed E-state index contributed by atoms with van der Waals surface area (Å²) in [6.07, 6.45) is 3.02. The van der Waals surface area contributed by atoms with Crippen molar-refractivity contribution in [3.63, 3.8) is 0 Å². The van der Waals surface area contributed by atoms with E-state index in [2.05, 4.69) is 4.72 Å². The number of ether oxygens (including phenoxy) is 1. The zero-order valence-electron chi connectivity index (χ0n) is 11.1. The molecule has 1 unspecified atom stereocenters. The van der Waals surface area contributed by atoms with E-state index in [4.69, 9.17) is 10.5 Å². The predicted octanol–water partition coefficient (Wildman–Crippen LogP) is 1.02. The van der Waals surface area contributed by atoms with Gasteiger partial charge in [-0.15, -0.1) is 12.4 Å². The van der Waals surface area contributed by atoms with E-state index >= 15 is 0 Å². The minimum absolute atomic E-state index is 0. The number of halogens is 1. The Hall–Kier alpha value is 0.120. The fourth-order valence-corrected chi connectivity index (χ4v) is 3.98. The third kappa shape index (κ3) is 5.01. The molecule has 0 aromatic heterocycles. The Balaban J connectivity index is 0.00000289. The van der Waals surface area contributed by atoms with Gasteiger partial charge < -0.3 is 10.5 Å². The van der Waals surface area contributed by atoms with Crippen LogP contribution in [0.4, 0.5) is 0 Å². The summed E-state index contributed by atoms with van der Waals surface area (Å²) in [6.45, 7) is 4.89. The molecule has 0 aromatic carbocycles. The maximum atomic E-state index is 12.0. The maximum absolute atomic E-state index is 12.0. The first-order chi connectivity index (χ1) is 7.97. The van der Waals surface area contributed by atoms with Crippen LogP contribution >= 0.6 is 12.4 Å². The number of sulfonamides is 1. The Kier molecular flexibility index (Phi) is 7.70.